The molecule has 2 saturated heterocycles. The van der Waals surface area contributed by atoms with Crippen molar-refractivity contribution in [2.24, 2.45) is 5.92 Å². The fraction of sp³-hybridized carbons (Fsp3) is 0.625. The van der Waals surface area contributed by atoms with Gasteiger partial charge in [-0.3, -0.25) is 4.90 Å². The first-order valence-electron chi connectivity index (χ1n) is 7.73. The van der Waals surface area contributed by atoms with E-state index in [1.807, 2.05) is 0 Å². The fourth-order valence-electron chi connectivity index (χ4n) is 3.47. The van der Waals surface area contributed by atoms with E-state index in [0.29, 0.717) is 5.92 Å². The summed E-state index contributed by atoms with van der Waals surface area (Å²) in [4.78, 5) is 2.40. The van der Waals surface area contributed by atoms with Crippen LogP contribution >= 0.6 is 0 Å². The summed E-state index contributed by atoms with van der Waals surface area (Å²) in [7, 11) is 0. The Bertz CT molecular complexity index is 453. The monoisotopic (exact) mass is 296 g/mol. The smallest absolute Gasteiger partial charge is 0.159 e. The largest absolute Gasteiger partial charge is 0.381 e. The van der Waals surface area contributed by atoms with E-state index >= 15 is 0 Å². The summed E-state index contributed by atoms with van der Waals surface area (Å²) in [6, 6.07) is 4.52. The lowest BCUT2D eigenvalue weighted by molar-refractivity contribution is 0.0212. The molecule has 116 valence electrons. The number of ether oxygens (including phenoxy) is 1. The predicted molar refractivity (Wildman–Crippen MR) is 77.1 cm³/mol. The Labute approximate surface area is 124 Å². The van der Waals surface area contributed by atoms with Crippen molar-refractivity contribution < 1.29 is 13.5 Å². The van der Waals surface area contributed by atoms with Crippen LogP contribution in [0, 0.1) is 17.6 Å². The Morgan fingerprint density at radius 1 is 1.10 bits per heavy atom. The van der Waals surface area contributed by atoms with Gasteiger partial charge in [-0.15, -0.1) is 0 Å². The van der Waals surface area contributed by atoms with Crippen molar-refractivity contribution in [3.8, 4) is 0 Å². The summed E-state index contributed by atoms with van der Waals surface area (Å²) in [5.74, 6) is -1.08. The van der Waals surface area contributed by atoms with Gasteiger partial charge in [0.25, 0.3) is 0 Å². The molecule has 3 rings (SSSR count). The number of halogens is 2. The number of piperazine rings is 1. The summed E-state index contributed by atoms with van der Waals surface area (Å²) in [6.07, 6.45) is 1.96. The van der Waals surface area contributed by atoms with Gasteiger partial charge in [-0.2, -0.15) is 0 Å². The normalized spacial score (nSPS) is 23.1. The van der Waals surface area contributed by atoms with Crippen LogP contribution in [0.3, 0.4) is 0 Å². The van der Waals surface area contributed by atoms with Gasteiger partial charge in [0.1, 0.15) is 0 Å². The van der Waals surface area contributed by atoms with Crippen LogP contribution in [0.25, 0.3) is 0 Å². The first-order chi connectivity index (χ1) is 10.3. The van der Waals surface area contributed by atoms with E-state index < -0.39 is 11.6 Å². The molecule has 2 fully saturated rings. The highest BCUT2D eigenvalue weighted by Crippen LogP contribution is 2.35. The molecule has 3 nitrogen and oxygen atoms in total. The molecule has 0 radical (unpaired) electrons. The van der Waals surface area contributed by atoms with Gasteiger partial charge >= 0.3 is 0 Å². The van der Waals surface area contributed by atoms with Gasteiger partial charge in [-0.25, -0.2) is 8.78 Å². The third-order valence-electron chi connectivity index (χ3n) is 4.54. The molecule has 2 aliphatic heterocycles. The lowest BCUT2D eigenvalue weighted by atomic mass is 9.85. The van der Waals surface area contributed by atoms with Crippen molar-refractivity contribution in [2.75, 3.05) is 39.4 Å². The minimum Gasteiger partial charge on any atom is -0.381 e. The van der Waals surface area contributed by atoms with Crippen LogP contribution in [0.2, 0.25) is 0 Å². The molecule has 0 aromatic heterocycles. The molecule has 1 aromatic carbocycles. The lowest BCUT2D eigenvalue weighted by Crippen LogP contribution is -2.47. The summed E-state index contributed by atoms with van der Waals surface area (Å²) < 4.78 is 32.3. The molecule has 1 atom stereocenters. The van der Waals surface area contributed by atoms with E-state index in [-0.39, 0.29) is 6.04 Å². The maximum atomic E-state index is 13.6. The van der Waals surface area contributed by atoms with E-state index in [0.717, 1.165) is 57.8 Å². The molecule has 2 heterocycles. The highest BCUT2D eigenvalue weighted by atomic mass is 19.2. The van der Waals surface area contributed by atoms with Crippen molar-refractivity contribution in [2.45, 2.75) is 18.9 Å². The number of rotatable bonds is 3. The van der Waals surface area contributed by atoms with Gasteiger partial charge in [-0.1, -0.05) is 6.07 Å². The standard InChI is InChI=1S/C16H22F2N2O/c17-14-2-1-13(11-15(14)18)16(12-3-9-21-10-4-12)20-7-5-19-6-8-20/h1-2,11-12,16,19H,3-10H2/t16-/m1/s1. The molecular formula is C16H22F2N2O. The van der Waals surface area contributed by atoms with Gasteiger partial charge in [0.15, 0.2) is 11.6 Å². The zero-order valence-corrected chi connectivity index (χ0v) is 12.2. The van der Waals surface area contributed by atoms with Crippen molar-refractivity contribution in [1.29, 1.82) is 0 Å². The van der Waals surface area contributed by atoms with Crippen molar-refractivity contribution in [3.63, 3.8) is 0 Å². The maximum Gasteiger partial charge on any atom is 0.159 e. The molecule has 0 bridgehead atoms. The van der Waals surface area contributed by atoms with Crippen molar-refractivity contribution in [1.82, 2.24) is 10.2 Å². The molecule has 0 unspecified atom stereocenters. The third-order valence-corrected chi connectivity index (χ3v) is 4.54. The highest BCUT2D eigenvalue weighted by molar-refractivity contribution is 5.22. The Balaban J connectivity index is 1.87. The predicted octanol–water partition coefficient (Wildman–Crippen LogP) is 2.34. The molecule has 1 N–H and O–H groups in total. The Hall–Kier alpha value is -1.04. The molecule has 0 saturated carbocycles. The molecule has 1 aromatic rings. The number of nitrogens with one attached hydrogen (secondary N) is 1. The quantitative estimate of drug-likeness (QED) is 0.926. The maximum absolute atomic E-state index is 13.6. The molecule has 0 spiro atoms. The minimum absolute atomic E-state index is 0.158. The highest BCUT2D eigenvalue weighted by Gasteiger charge is 2.31. The minimum atomic E-state index is -0.773. The van der Waals surface area contributed by atoms with E-state index in [9.17, 15) is 8.78 Å². The second-order valence-electron chi connectivity index (χ2n) is 5.85. The Morgan fingerprint density at radius 2 is 1.81 bits per heavy atom. The first-order valence-corrected chi connectivity index (χ1v) is 7.73. The molecule has 0 aliphatic carbocycles. The average Bonchev–Trinajstić information content (AvgIpc) is 2.53. The number of hydrogen-bond donors (Lipinski definition) is 1. The van der Waals surface area contributed by atoms with E-state index in [4.69, 9.17) is 4.74 Å². The van der Waals surface area contributed by atoms with Crippen LogP contribution in [-0.2, 0) is 4.74 Å². The SMILES string of the molecule is Fc1ccc([C@@H](C2CCOCC2)N2CCNCC2)cc1F. The zero-order chi connectivity index (χ0) is 14.7. The van der Waals surface area contributed by atoms with Gasteiger partial charge < -0.3 is 10.1 Å². The lowest BCUT2D eigenvalue weighted by Gasteiger charge is -2.41. The fourth-order valence-corrected chi connectivity index (χ4v) is 3.47. The van der Waals surface area contributed by atoms with Gasteiger partial charge in [-0.05, 0) is 36.5 Å². The summed E-state index contributed by atoms with van der Waals surface area (Å²) in [5.41, 5.74) is 0.891. The van der Waals surface area contributed by atoms with Crippen LogP contribution in [-0.4, -0.2) is 44.3 Å². The second-order valence-corrected chi connectivity index (χ2v) is 5.85. The topological polar surface area (TPSA) is 24.5 Å². The van der Waals surface area contributed by atoms with Crippen LogP contribution in [0.5, 0.6) is 0 Å². The van der Waals surface area contributed by atoms with E-state index in [1.165, 1.54) is 12.1 Å². The van der Waals surface area contributed by atoms with Crippen molar-refractivity contribution >= 4 is 0 Å². The van der Waals surface area contributed by atoms with Crippen molar-refractivity contribution in [3.05, 3.63) is 35.4 Å². The number of hydrogen-bond acceptors (Lipinski definition) is 3. The van der Waals surface area contributed by atoms with Gasteiger partial charge in [0.05, 0.1) is 0 Å². The number of nitrogens with zero attached hydrogens (tertiary/aromatic N) is 1. The van der Waals surface area contributed by atoms with Gasteiger partial charge in [0, 0.05) is 45.4 Å². The summed E-state index contributed by atoms with van der Waals surface area (Å²) in [5, 5.41) is 3.34. The van der Waals surface area contributed by atoms with Crippen LogP contribution in [0.1, 0.15) is 24.4 Å². The first kappa shape index (κ1) is 14.9. The third kappa shape index (κ3) is 3.42. The Morgan fingerprint density at radius 3 is 2.48 bits per heavy atom. The van der Waals surface area contributed by atoms with Gasteiger partial charge in [0.2, 0.25) is 0 Å². The molecule has 0 amide bonds. The van der Waals surface area contributed by atoms with Crippen LogP contribution < -0.4 is 5.32 Å². The van der Waals surface area contributed by atoms with E-state index in [2.05, 4.69) is 10.2 Å². The zero-order valence-electron chi connectivity index (χ0n) is 12.2. The average molecular weight is 296 g/mol. The molecular weight excluding hydrogens is 274 g/mol. The van der Waals surface area contributed by atoms with Crippen LogP contribution in [0.4, 0.5) is 8.78 Å². The Kier molecular flexibility index (Phi) is 4.83. The second kappa shape index (κ2) is 6.81. The molecule has 21 heavy (non-hydrogen) atoms. The number of benzene rings is 1. The molecule has 5 heteroatoms. The summed E-state index contributed by atoms with van der Waals surface area (Å²) in [6.45, 7) is 5.31. The molecule has 2 aliphatic rings. The van der Waals surface area contributed by atoms with E-state index in [1.54, 1.807) is 6.07 Å². The summed E-state index contributed by atoms with van der Waals surface area (Å²) >= 11 is 0. The van der Waals surface area contributed by atoms with Crippen LogP contribution in [0.15, 0.2) is 18.2 Å².